The number of ether oxygens (including phenoxy) is 1. The van der Waals surface area contributed by atoms with E-state index in [1.807, 2.05) is 37.5 Å². The Hall–Kier alpha value is -1.92. The van der Waals surface area contributed by atoms with Crippen LogP contribution in [0.15, 0.2) is 16.7 Å². The van der Waals surface area contributed by atoms with Crippen LogP contribution in [-0.2, 0) is 4.74 Å². The molecule has 0 aromatic carbocycles. The van der Waals surface area contributed by atoms with E-state index in [0.717, 1.165) is 41.6 Å². The normalized spacial score (nSPS) is 16.1. The second kappa shape index (κ2) is 6.06. The number of hydrogen-bond donors (Lipinski definition) is 0. The first-order chi connectivity index (χ1) is 10.6. The van der Waals surface area contributed by atoms with E-state index in [0.29, 0.717) is 19.8 Å². The van der Waals surface area contributed by atoms with Crippen LogP contribution in [0.1, 0.15) is 27.5 Å². The average Bonchev–Trinajstić information content (AvgIpc) is 3.03. The zero-order chi connectivity index (χ0) is 15.7. The van der Waals surface area contributed by atoms with Crippen LogP contribution < -0.4 is 0 Å². The second-order valence-electron chi connectivity index (χ2n) is 5.73. The summed E-state index contributed by atoms with van der Waals surface area (Å²) >= 11 is 0. The van der Waals surface area contributed by atoms with Gasteiger partial charge in [0.15, 0.2) is 11.6 Å². The van der Waals surface area contributed by atoms with Crippen molar-refractivity contribution in [3.63, 3.8) is 0 Å². The molecule has 0 unspecified atom stereocenters. The third kappa shape index (κ3) is 2.84. The summed E-state index contributed by atoms with van der Waals surface area (Å²) in [6.45, 7) is 9.24. The minimum atomic E-state index is 0.140. The molecule has 1 fully saturated rings. The molecule has 6 nitrogen and oxygen atoms in total. The summed E-state index contributed by atoms with van der Waals surface area (Å²) in [5.74, 6) is 1.61. The van der Waals surface area contributed by atoms with Gasteiger partial charge in [-0.15, -0.1) is 0 Å². The first-order valence-corrected chi connectivity index (χ1v) is 7.52. The minimum Gasteiger partial charge on any atom is -0.379 e. The summed E-state index contributed by atoms with van der Waals surface area (Å²) in [6.07, 6.45) is 0. The SMILES string of the molecule is Cc1cc(-n2c(C)cc(C(=O)CN3CCOCC3)c2C)no1. The maximum Gasteiger partial charge on any atom is 0.180 e. The van der Waals surface area contributed by atoms with Crippen LogP contribution in [-0.4, -0.2) is 53.3 Å². The number of hydrogen-bond acceptors (Lipinski definition) is 5. The largest absolute Gasteiger partial charge is 0.379 e. The van der Waals surface area contributed by atoms with E-state index in [1.165, 1.54) is 0 Å². The summed E-state index contributed by atoms with van der Waals surface area (Å²) in [5.41, 5.74) is 2.64. The number of rotatable bonds is 4. The van der Waals surface area contributed by atoms with E-state index in [4.69, 9.17) is 9.26 Å². The van der Waals surface area contributed by atoms with Crippen LogP contribution in [0.5, 0.6) is 0 Å². The van der Waals surface area contributed by atoms with E-state index in [1.54, 1.807) is 0 Å². The summed E-state index contributed by atoms with van der Waals surface area (Å²) < 4.78 is 12.4. The van der Waals surface area contributed by atoms with E-state index < -0.39 is 0 Å². The molecule has 118 valence electrons. The molecular weight excluding hydrogens is 282 g/mol. The molecule has 0 spiro atoms. The topological polar surface area (TPSA) is 60.5 Å². The lowest BCUT2D eigenvalue weighted by atomic mass is 10.1. The summed E-state index contributed by atoms with van der Waals surface area (Å²) in [6, 6.07) is 3.80. The predicted octanol–water partition coefficient (Wildman–Crippen LogP) is 1.91. The number of Topliss-reactive ketones (excluding diaryl/α,β-unsaturated/α-hetero) is 1. The molecule has 22 heavy (non-hydrogen) atoms. The van der Waals surface area contributed by atoms with Gasteiger partial charge in [-0.1, -0.05) is 5.16 Å². The fraction of sp³-hybridized carbons (Fsp3) is 0.500. The molecule has 1 saturated heterocycles. The van der Waals surface area contributed by atoms with Crippen molar-refractivity contribution in [2.24, 2.45) is 0 Å². The number of aryl methyl sites for hydroxylation is 2. The van der Waals surface area contributed by atoms with Gasteiger partial charge in [-0.05, 0) is 26.8 Å². The van der Waals surface area contributed by atoms with E-state index in [-0.39, 0.29) is 5.78 Å². The fourth-order valence-corrected chi connectivity index (χ4v) is 2.90. The molecule has 3 rings (SSSR count). The van der Waals surface area contributed by atoms with E-state index in [9.17, 15) is 4.79 Å². The molecule has 1 aliphatic heterocycles. The van der Waals surface area contributed by atoms with Crippen LogP contribution in [0.25, 0.3) is 5.82 Å². The summed E-state index contributed by atoms with van der Waals surface area (Å²) in [7, 11) is 0. The number of nitrogens with zero attached hydrogens (tertiary/aromatic N) is 3. The molecule has 0 N–H and O–H groups in total. The Balaban J connectivity index is 1.84. The zero-order valence-electron chi connectivity index (χ0n) is 13.3. The van der Waals surface area contributed by atoms with E-state index >= 15 is 0 Å². The lowest BCUT2D eigenvalue weighted by Crippen LogP contribution is -2.39. The van der Waals surface area contributed by atoms with Crippen molar-refractivity contribution < 1.29 is 14.1 Å². The number of ketones is 1. The Morgan fingerprint density at radius 1 is 1.23 bits per heavy atom. The van der Waals surface area contributed by atoms with Crippen molar-refractivity contribution in [1.29, 1.82) is 0 Å². The molecule has 6 heteroatoms. The molecule has 2 aromatic rings. The molecule has 1 aliphatic rings. The zero-order valence-corrected chi connectivity index (χ0v) is 13.3. The van der Waals surface area contributed by atoms with Gasteiger partial charge in [0, 0.05) is 36.1 Å². The lowest BCUT2D eigenvalue weighted by molar-refractivity contribution is 0.0371. The van der Waals surface area contributed by atoms with Gasteiger partial charge < -0.3 is 9.26 Å². The van der Waals surface area contributed by atoms with Crippen LogP contribution in [0.3, 0.4) is 0 Å². The molecule has 0 bridgehead atoms. The Kier molecular flexibility index (Phi) is 4.13. The maximum absolute atomic E-state index is 12.6. The van der Waals surface area contributed by atoms with Gasteiger partial charge in [0.05, 0.1) is 19.8 Å². The van der Waals surface area contributed by atoms with Gasteiger partial charge in [-0.3, -0.25) is 14.3 Å². The Labute approximate surface area is 129 Å². The van der Waals surface area contributed by atoms with Crippen molar-refractivity contribution in [3.05, 3.63) is 34.8 Å². The third-order valence-electron chi connectivity index (χ3n) is 4.05. The molecule has 0 amide bonds. The van der Waals surface area contributed by atoms with Crippen molar-refractivity contribution in [3.8, 4) is 5.82 Å². The van der Waals surface area contributed by atoms with Crippen molar-refractivity contribution in [1.82, 2.24) is 14.6 Å². The monoisotopic (exact) mass is 303 g/mol. The highest BCUT2D eigenvalue weighted by atomic mass is 16.5. The maximum atomic E-state index is 12.6. The second-order valence-corrected chi connectivity index (χ2v) is 5.73. The average molecular weight is 303 g/mol. The molecule has 0 atom stereocenters. The van der Waals surface area contributed by atoms with Gasteiger partial charge in [-0.25, -0.2) is 0 Å². The third-order valence-corrected chi connectivity index (χ3v) is 4.05. The predicted molar refractivity (Wildman–Crippen MR) is 81.6 cm³/mol. The van der Waals surface area contributed by atoms with Crippen LogP contribution in [0.4, 0.5) is 0 Å². The standard InChI is InChI=1S/C16H21N3O3/c1-11-8-14(15(20)10-18-4-6-21-7-5-18)13(3)19(11)16-9-12(2)22-17-16/h8-9H,4-7,10H2,1-3H3. The van der Waals surface area contributed by atoms with E-state index in [2.05, 4.69) is 10.1 Å². The quantitative estimate of drug-likeness (QED) is 0.807. The first-order valence-electron chi connectivity index (χ1n) is 7.52. The number of morpholine rings is 1. The molecule has 0 radical (unpaired) electrons. The van der Waals surface area contributed by atoms with Crippen molar-refractivity contribution in [2.75, 3.05) is 32.8 Å². The smallest absolute Gasteiger partial charge is 0.180 e. The van der Waals surface area contributed by atoms with Crippen LogP contribution in [0, 0.1) is 20.8 Å². The highest BCUT2D eigenvalue weighted by Gasteiger charge is 2.21. The Morgan fingerprint density at radius 2 is 1.95 bits per heavy atom. The first kappa shape index (κ1) is 15.0. The van der Waals surface area contributed by atoms with Gasteiger partial charge in [0.2, 0.25) is 0 Å². The van der Waals surface area contributed by atoms with Crippen molar-refractivity contribution >= 4 is 5.78 Å². The number of carbonyl (C=O) groups is 1. The number of carbonyl (C=O) groups excluding carboxylic acids is 1. The molecule has 2 aromatic heterocycles. The molecular formula is C16H21N3O3. The van der Waals surface area contributed by atoms with Gasteiger partial charge in [-0.2, -0.15) is 0 Å². The Bertz CT molecular complexity index is 681. The molecule has 3 heterocycles. The molecule has 0 saturated carbocycles. The van der Waals surface area contributed by atoms with Crippen LogP contribution >= 0.6 is 0 Å². The van der Waals surface area contributed by atoms with Crippen molar-refractivity contribution in [2.45, 2.75) is 20.8 Å². The number of aromatic nitrogens is 2. The minimum absolute atomic E-state index is 0.140. The summed E-state index contributed by atoms with van der Waals surface area (Å²) in [4.78, 5) is 14.7. The highest BCUT2D eigenvalue weighted by Crippen LogP contribution is 2.21. The van der Waals surface area contributed by atoms with Gasteiger partial charge in [0.1, 0.15) is 5.76 Å². The van der Waals surface area contributed by atoms with Crippen LogP contribution in [0.2, 0.25) is 0 Å². The highest BCUT2D eigenvalue weighted by molar-refractivity contribution is 5.99. The molecule has 0 aliphatic carbocycles. The summed E-state index contributed by atoms with van der Waals surface area (Å²) in [5, 5.41) is 4.05. The van der Waals surface area contributed by atoms with Gasteiger partial charge in [0.25, 0.3) is 0 Å². The Morgan fingerprint density at radius 3 is 2.59 bits per heavy atom. The van der Waals surface area contributed by atoms with Gasteiger partial charge >= 0.3 is 0 Å². The fourth-order valence-electron chi connectivity index (χ4n) is 2.90. The lowest BCUT2D eigenvalue weighted by Gasteiger charge is -2.25.